The first-order valence-corrected chi connectivity index (χ1v) is 7.52. The molecule has 2 amide bonds. The molecule has 0 unspecified atom stereocenters. The van der Waals surface area contributed by atoms with Crippen molar-refractivity contribution in [1.82, 2.24) is 15.2 Å². The van der Waals surface area contributed by atoms with Gasteiger partial charge in [-0.3, -0.25) is 9.59 Å². The third-order valence-corrected chi connectivity index (χ3v) is 3.15. The molecule has 0 aromatic carbocycles. The van der Waals surface area contributed by atoms with Crippen molar-refractivity contribution < 1.29 is 9.59 Å². The molecule has 0 aliphatic heterocycles. The number of pyridine rings is 1. The summed E-state index contributed by atoms with van der Waals surface area (Å²) < 4.78 is 0. The van der Waals surface area contributed by atoms with Gasteiger partial charge >= 0.3 is 0 Å². The van der Waals surface area contributed by atoms with Gasteiger partial charge in [-0.2, -0.15) is 0 Å². The van der Waals surface area contributed by atoms with E-state index in [0.29, 0.717) is 10.6 Å². The van der Waals surface area contributed by atoms with Crippen molar-refractivity contribution in [2.45, 2.75) is 31.3 Å². The average molecular weight is 295 g/mol. The molecule has 0 atom stereocenters. The van der Waals surface area contributed by atoms with Crippen LogP contribution < -0.4 is 5.32 Å². The Hall–Kier alpha value is -1.56. The lowest BCUT2D eigenvalue weighted by Gasteiger charge is -2.23. The van der Waals surface area contributed by atoms with E-state index in [1.54, 1.807) is 25.4 Å². The Morgan fingerprint density at radius 2 is 2.05 bits per heavy atom. The van der Waals surface area contributed by atoms with Crippen LogP contribution >= 0.6 is 11.8 Å². The lowest BCUT2D eigenvalue weighted by Crippen LogP contribution is -2.46. The van der Waals surface area contributed by atoms with E-state index in [1.165, 1.54) is 16.7 Å². The predicted molar refractivity (Wildman–Crippen MR) is 80.9 cm³/mol. The third-order valence-electron chi connectivity index (χ3n) is 2.44. The molecular weight excluding hydrogens is 274 g/mol. The Kier molecular flexibility index (Phi) is 5.56. The van der Waals surface area contributed by atoms with Crippen LogP contribution in [0.25, 0.3) is 0 Å². The van der Waals surface area contributed by atoms with Gasteiger partial charge in [-0.15, -0.1) is 11.8 Å². The van der Waals surface area contributed by atoms with Gasteiger partial charge in [-0.05, 0) is 39.2 Å². The van der Waals surface area contributed by atoms with E-state index in [4.69, 9.17) is 0 Å². The van der Waals surface area contributed by atoms with Gasteiger partial charge in [-0.25, -0.2) is 4.98 Å². The third kappa shape index (κ3) is 4.85. The molecule has 1 N–H and O–H groups in total. The van der Waals surface area contributed by atoms with E-state index in [-0.39, 0.29) is 23.9 Å². The number of likely N-dealkylation sites (N-methyl/N-ethyl adjacent to an activating group) is 1. The molecule has 0 saturated heterocycles. The lowest BCUT2D eigenvalue weighted by molar-refractivity contribution is -0.122. The summed E-state index contributed by atoms with van der Waals surface area (Å²) in [5.41, 5.74) is 0.214. The van der Waals surface area contributed by atoms with Crippen molar-refractivity contribution in [2.75, 3.05) is 19.8 Å². The van der Waals surface area contributed by atoms with Crippen molar-refractivity contribution in [3.05, 3.63) is 23.9 Å². The van der Waals surface area contributed by atoms with Crippen molar-refractivity contribution >= 4 is 23.6 Å². The molecule has 6 heteroatoms. The maximum absolute atomic E-state index is 12.3. The highest BCUT2D eigenvalue weighted by Crippen LogP contribution is 2.18. The van der Waals surface area contributed by atoms with E-state index in [2.05, 4.69) is 10.3 Å². The average Bonchev–Trinajstić information content (AvgIpc) is 2.35. The number of thioether (sulfide) groups is 1. The molecule has 0 aliphatic carbocycles. The Morgan fingerprint density at radius 3 is 2.60 bits per heavy atom. The topological polar surface area (TPSA) is 62.3 Å². The van der Waals surface area contributed by atoms with Crippen LogP contribution in [-0.4, -0.2) is 47.1 Å². The fraction of sp³-hybridized carbons (Fsp3) is 0.500. The van der Waals surface area contributed by atoms with Crippen molar-refractivity contribution in [2.24, 2.45) is 0 Å². The number of hydrogen-bond donors (Lipinski definition) is 1. The van der Waals surface area contributed by atoms with Crippen LogP contribution in [0, 0.1) is 0 Å². The largest absolute Gasteiger partial charge is 0.350 e. The van der Waals surface area contributed by atoms with Gasteiger partial charge in [0.25, 0.3) is 5.91 Å². The molecule has 0 spiro atoms. The van der Waals surface area contributed by atoms with Crippen LogP contribution in [-0.2, 0) is 4.79 Å². The summed E-state index contributed by atoms with van der Waals surface area (Å²) in [6, 6.07) is 3.44. The Morgan fingerprint density at radius 1 is 1.40 bits per heavy atom. The standard InChI is InChI=1S/C14H21N3O2S/c1-14(2,3)16-11(18)9-17(4)13(19)10-7-6-8-15-12(10)20-5/h6-8H,9H2,1-5H3,(H,16,18). The van der Waals surface area contributed by atoms with Gasteiger partial charge in [0, 0.05) is 18.8 Å². The van der Waals surface area contributed by atoms with Crippen molar-refractivity contribution in [3.63, 3.8) is 0 Å². The Bertz CT molecular complexity index is 497. The molecule has 1 rings (SSSR count). The van der Waals surface area contributed by atoms with E-state index in [1.807, 2.05) is 27.0 Å². The van der Waals surface area contributed by atoms with Crippen LogP contribution in [0.5, 0.6) is 0 Å². The Labute approximate surface area is 124 Å². The molecule has 5 nitrogen and oxygen atoms in total. The maximum Gasteiger partial charge on any atom is 0.256 e. The smallest absolute Gasteiger partial charge is 0.256 e. The summed E-state index contributed by atoms with van der Waals surface area (Å²) in [5.74, 6) is -0.380. The first kappa shape index (κ1) is 16.5. The summed E-state index contributed by atoms with van der Waals surface area (Å²) in [4.78, 5) is 29.7. The monoisotopic (exact) mass is 295 g/mol. The predicted octanol–water partition coefficient (Wildman–Crippen LogP) is 1.79. The van der Waals surface area contributed by atoms with Gasteiger partial charge in [-0.1, -0.05) is 0 Å². The number of carbonyl (C=O) groups is 2. The zero-order valence-corrected chi connectivity index (χ0v) is 13.4. The first-order valence-electron chi connectivity index (χ1n) is 6.30. The molecule has 0 aliphatic rings. The van der Waals surface area contributed by atoms with Gasteiger partial charge < -0.3 is 10.2 Å². The second-order valence-corrected chi connectivity index (χ2v) is 6.31. The molecular formula is C14H21N3O2S. The summed E-state index contributed by atoms with van der Waals surface area (Å²) in [6.45, 7) is 5.73. The van der Waals surface area contributed by atoms with Crippen molar-refractivity contribution in [3.8, 4) is 0 Å². The lowest BCUT2D eigenvalue weighted by atomic mass is 10.1. The summed E-state index contributed by atoms with van der Waals surface area (Å²) in [6.07, 6.45) is 3.51. The van der Waals surface area contributed by atoms with Gasteiger partial charge in [0.2, 0.25) is 5.91 Å². The summed E-state index contributed by atoms with van der Waals surface area (Å²) >= 11 is 1.41. The molecule has 1 aromatic heterocycles. The minimum atomic E-state index is -0.306. The first-order chi connectivity index (χ1) is 9.24. The number of rotatable bonds is 4. The molecule has 1 aromatic rings. The van der Waals surface area contributed by atoms with Crippen LogP contribution in [0.2, 0.25) is 0 Å². The number of nitrogens with zero attached hydrogens (tertiary/aromatic N) is 2. The normalized spacial score (nSPS) is 11.1. The van der Waals surface area contributed by atoms with Crippen LogP contribution in [0.1, 0.15) is 31.1 Å². The molecule has 20 heavy (non-hydrogen) atoms. The van der Waals surface area contributed by atoms with Crippen LogP contribution in [0.3, 0.4) is 0 Å². The maximum atomic E-state index is 12.3. The van der Waals surface area contributed by atoms with Crippen molar-refractivity contribution in [1.29, 1.82) is 0 Å². The molecule has 0 fully saturated rings. The number of nitrogens with one attached hydrogen (secondary N) is 1. The number of aromatic nitrogens is 1. The van der Waals surface area contributed by atoms with Gasteiger partial charge in [0.15, 0.2) is 0 Å². The second kappa shape index (κ2) is 6.74. The highest BCUT2D eigenvalue weighted by atomic mass is 32.2. The van der Waals surface area contributed by atoms with E-state index in [0.717, 1.165) is 0 Å². The summed E-state index contributed by atoms with van der Waals surface area (Å²) in [7, 11) is 1.61. The molecule has 0 saturated carbocycles. The van der Waals surface area contributed by atoms with E-state index >= 15 is 0 Å². The van der Waals surface area contributed by atoms with Gasteiger partial charge in [0.1, 0.15) is 5.03 Å². The number of hydrogen-bond acceptors (Lipinski definition) is 4. The van der Waals surface area contributed by atoms with Crippen LogP contribution in [0.4, 0.5) is 0 Å². The zero-order chi connectivity index (χ0) is 15.3. The fourth-order valence-corrected chi connectivity index (χ4v) is 2.21. The van der Waals surface area contributed by atoms with E-state index in [9.17, 15) is 9.59 Å². The molecule has 110 valence electrons. The zero-order valence-electron chi connectivity index (χ0n) is 12.6. The van der Waals surface area contributed by atoms with Gasteiger partial charge in [0.05, 0.1) is 12.1 Å². The molecule has 0 bridgehead atoms. The Balaban J connectivity index is 2.75. The quantitative estimate of drug-likeness (QED) is 0.860. The van der Waals surface area contributed by atoms with Crippen LogP contribution in [0.15, 0.2) is 23.4 Å². The summed E-state index contributed by atoms with van der Waals surface area (Å²) in [5, 5.41) is 3.50. The minimum absolute atomic E-state index is 0.0266. The number of amides is 2. The molecule has 0 radical (unpaired) electrons. The second-order valence-electron chi connectivity index (χ2n) is 5.52. The van der Waals surface area contributed by atoms with E-state index < -0.39 is 0 Å². The molecule has 1 heterocycles. The highest BCUT2D eigenvalue weighted by molar-refractivity contribution is 7.98. The fourth-order valence-electron chi connectivity index (χ4n) is 1.67. The number of carbonyl (C=O) groups excluding carboxylic acids is 2. The minimum Gasteiger partial charge on any atom is -0.350 e. The highest BCUT2D eigenvalue weighted by Gasteiger charge is 2.20. The SMILES string of the molecule is CSc1ncccc1C(=O)N(C)CC(=O)NC(C)(C)C.